The molecule has 0 aliphatic carbocycles. The van der Waals surface area contributed by atoms with Gasteiger partial charge >= 0.3 is 0 Å². The monoisotopic (exact) mass is 378 g/mol. The molecule has 6 N–H and O–H groups in total. The lowest BCUT2D eigenvalue weighted by molar-refractivity contribution is 0.481. The van der Waals surface area contributed by atoms with Crippen LogP contribution in [-0.2, 0) is 20.2 Å². The maximum absolute atomic E-state index is 10.5. The van der Waals surface area contributed by atoms with Gasteiger partial charge in [0.1, 0.15) is 0 Å². The fourth-order valence-electron chi connectivity index (χ4n) is 1.35. The minimum absolute atomic E-state index is 0. The third kappa shape index (κ3) is 7.34. The van der Waals surface area contributed by atoms with Crippen molar-refractivity contribution in [2.75, 3.05) is 11.5 Å². The summed E-state index contributed by atoms with van der Waals surface area (Å²) in [4.78, 5) is -0.366. The highest BCUT2D eigenvalue weighted by atomic mass is 32.2. The lowest BCUT2D eigenvalue weighted by Gasteiger charge is -1.96. The number of anilines is 2. The summed E-state index contributed by atoms with van der Waals surface area (Å²) in [5, 5.41) is 0. The van der Waals surface area contributed by atoms with Crippen molar-refractivity contribution in [1.29, 1.82) is 0 Å². The number of nitrogens with two attached hydrogens (primary N) is 2. The van der Waals surface area contributed by atoms with Gasteiger partial charge in [-0.3, -0.25) is 9.11 Å². The van der Waals surface area contributed by atoms with Gasteiger partial charge in [0.05, 0.1) is 9.79 Å². The standard InChI is InChI=1S/2C6H7NO3S.S/c2*7-5-2-1-3-6(4-5)11(8,9)10;/h2*1-4H,7H2,(H,8,9,10);. The van der Waals surface area contributed by atoms with E-state index >= 15 is 0 Å². The highest BCUT2D eigenvalue weighted by Crippen LogP contribution is 2.12. The highest BCUT2D eigenvalue weighted by molar-refractivity contribution is 7.86. The molecule has 126 valence electrons. The van der Waals surface area contributed by atoms with Crippen molar-refractivity contribution in [2.45, 2.75) is 9.79 Å². The third-order valence-electron chi connectivity index (χ3n) is 2.31. The summed E-state index contributed by atoms with van der Waals surface area (Å²) in [7, 11) is -8.21. The first kappa shape index (κ1) is 21.2. The molecule has 2 aromatic rings. The van der Waals surface area contributed by atoms with E-state index in [1.807, 2.05) is 0 Å². The quantitative estimate of drug-likeness (QED) is 0.453. The minimum atomic E-state index is -4.11. The summed E-state index contributed by atoms with van der Waals surface area (Å²) in [6, 6.07) is 10.9. The Kier molecular flexibility index (Phi) is 7.54. The van der Waals surface area contributed by atoms with Crippen molar-refractivity contribution < 1.29 is 25.9 Å². The molecule has 0 bridgehead atoms. The van der Waals surface area contributed by atoms with Crippen LogP contribution in [0.15, 0.2) is 58.3 Å². The normalized spacial score (nSPS) is 10.9. The van der Waals surface area contributed by atoms with Gasteiger partial charge in [0.15, 0.2) is 0 Å². The van der Waals surface area contributed by atoms with Crippen molar-refractivity contribution in [2.24, 2.45) is 0 Å². The van der Waals surface area contributed by atoms with Crippen LogP contribution in [0.1, 0.15) is 0 Å². The number of rotatable bonds is 2. The minimum Gasteiger partial charge on any atom is -0.399 e. The maximum Gasteiger partial charge on any atom is 0.294 e. The molecule has 0 unspecified atom stereocenters. The van der Waals surface area contributed by atoms with E-state index in [0.717, 1.165) is 0 Å². The van der Waals surface area contributed by atoms with Gasteiger partial charge in [-0.05, 0) is 36.4 Å². The molecule has 0 heterocycles. The molecule has 0 fully saturated rings. The summed E-state index contributed by atoms with van der Waals surface area (Å²) < 4.78 is 59.0. The van der Waals surface area contributed by atoms with Crippen LogP contribution < -0.4 is 11.5 Å². The summed E-state index contributed by atoms with van der Waals surface area (Å²) in [6.07, 6.45) is 0. The van der Waals surface area contributed by atoms with E-state index in [-0.39, 0.29) is 23.3 Å². The average molecular weight is 378 g/mol. The molecular formula is C12H14N2O6S3. The zero-order chi connectivity index (χ0) is 17.0. The largest absolute Gasteiger partial charge is 0.399 e. The fourth-order valence-corrected chi connectivity index (χ4v) is 2.42. The van der Waals surface area contributed by atoms with Crippen LogP contribution in [0.3, 0.4) is 0 Å². The Morgan fingerprint density at radius 1 is 0.696 bits per heavy atom. The molecule has 0 spiro atoms. The van der Waals surface area contributed by atoms with Crippen molar-refractivity contribution >= 4 is 45.1 Å². The number of hydrogen-bond acceptors (Lipinski definition) is 6. The van der Waals surface area contributed by atoms with Crippen LogP contribution in [0.25, 0.3) is 0 Å². The topological polar surface area (TPSA) is 161 Å². The Morgan fingerprint density at radius 3 is 1.17 bits per heavy atom. The van der Waals surface area contributed by atoms with Crippen molar-refractivity contribution in [3.8, 4) is 0 Å². The molecule has 0 aliphatic rings. The molecule has 0 aliphatic heterocycles. The van der Waals surface area contributed by atoms with Gasteiger partial charge in [-0.1, -0.05) is 12.1 Å². The smallest absolute Gasteiger partial charge is 0.294 e. The van der Waals surface area contributed by atoms with Gasteiger partial charge in [-0.2, -0.15) is 16.8 Å². The van der Waals surface area contributed by atoms with Crippen LogP contribution in [0.4, 0.5) is 11.4 Å². The molecule has 2 aromatic carbocycles. The average Bonchev–Trinajstić information content (AvgIpc) is 2.37. The lowest BCUT2D eigenvalue weighted by Crippen LogP contribution is -1.98. The zero-order valence-electron chi connectivity index (χ0n) is 11.5. The van der Waals surface area contributed by atoms with Crippen molar-refractivity contribution in [3.05, 3.63) is 48.5 Å². The molecule has 23 heavy (non-hydrogen) atoms. The van der Waals surface area contributed by atoms with E-state index in [0.29, 0.717) is 11.4 Å². The predicted octanol–water partition coefficient (Wildman–Crippen LogP) is 1.68. The molecule has 2 radical (unpaired) electrons. The van der Waals surface area contributed by atoms with Crippen LogP contribution >= 0.6 is 13.5 Å². The Balaban J connectivity index is 0.000000403. The van der Waals surface area contributed by atoms with E-state index in [1.54, 1.807) is 0 Å². The summed E-state index contributed by atoms with van der Waals surface area (Å²) >= 11 is 0. The Morgan fingerprint density at radius 2 is 1.00 bits per heavy atom. The van der Waals surface area contributed by atoms with Crippen LogP contribution in [-0.4, -0.2) is 25.9 Å². The Bertz CT molecular complexity index is 792. The van der Waals surface area contributed by atoms with E-state index in [9.17, 15) is 16.8 Å². The molecule has 0 saturated carbocycles. The molecule has 8 nitrogen and oxygen atoms in total. The van der Waals surface area contributed by atoms with Gasteiger partial charge in [-0.15, -0.1) is 0 Å². The summed E-state index contributed by atoms with van der Waals surface area (Å²) in [5.41, 5.74) is 11.2. The van der Waals surface area contributed by atoms with Gasteiger partial charge < -0.3 is 11.5 Å². The highest BCUT2D eigenvalue weighted by Gasteiger charge is 2.08. The second-order valence-electron chi connectivity index (χ2n) is 4.10. The Hall–Kier alpha value is -1.79. The van der Waals surface area contributed by atoms with Crippen LogP contribution in [0.2, 0.25) is 0 Å². The van der Waals surface area contributed by atoms with Gasteiger partial charge in [-0.25, -0.2) is 0 Å². The molecule has 0 aromatic heterocycles. The van der Waals surface area contributed by atoms with Crippen molar-refractivity contribution in [1.82, 2.24) is 0 Å². The third-order valence-corrected chi connectivity index (χ3v) is 4.01. The second-order valence-corrected chi connectivity index (χ2v) is 6.94. The molecule has 11 heteroatoms. The van der Waals surface area contributed by atoms with E-state index in [2.05, 4.69) is 0 Å². The Labute approximate surface area is 141 Å². The van der Waals surface area contributed by atoms with E-state index in [4.69, 9.17) is 20.6 Å². The van der Waals surface area contributed by atoms with E-state index in [1.165, 1.54) is 48.5 Å². The first-order valence-corrected chi connectivity index (χ1v) is 8.54. The molecule has 2 rings (SSSR count). The number of hydrogen-bond donors (Lipinski definition) is 4. The van der Waals surface area contributed by atoms with Crippen LogP contribution in [0.5, 0.6) is 0 Å². The number of nitrogen functional groups attached to an aromatic ring is 2. The molecule has 0 atom stereocenters. The van der Waals surface area contributed by atoms with Gasteiger partial charge in [0.25, 0.3) is 20.2 Å². The van der Waals surface area contributed by atoms with Gasteiger partial charge in [0, 0.05) is 24.9 Å². The zero-order valence-corrected chi connectivity index (χ0v) is 14.0. The maximum atomic E-state index is 10.5. The molecule has 0 saturated heterocycles. The summed E-state index contributed by atoms with van der Waals surface area (Å²) in [5.74, 6) is 0. The SMILES string of the molecule is Nc1cccc(S(=O)(=O)O)c1.Nc1cccc(S(=O)(=O)O)c1.[S]. The van der Waals surface area contributed by atoms with Gasteiger partial charge in [0.2, 0.25) is 0 Å². The fraction of sp³-hybridized carbons (Fsp3) is 0. The van der Waals surface area contributed by atoms with E-state index < -0.39 is 20.2 Å². The number of benzene rings is 2. The molecule has 0 amide bonds. The second kappa shape index (κ2) is 8.17. The first-order valence-electron chi connectivity index (χ1n) is 5.66. The lowest BCUT2D eigenvalue weighted by atomic mass is 10.3. The molecular weight excluding hydrogens is 364 g/mol. The van der Waals surface area contributed by atoms with Crippen LogP contribution in [0, 0.1) is 0 Å². The van der Waals surface area contributed by atoms with Crippen molar-refractivity contribution in [3.63, 3.8) is 0 Å². The first-order chi connectivity index (χ1) is 10.00. The summed E-state index contributed by atoms with van der Waals surface area (Å²) in [6.45, 7) is 0. The predicted molar refractivity (Wildman–Crippen MR) is 88.9 cm³/mol.